The van der Waals surface area contributed by atoms with E-state index in [1.165, 1.54) is 0 Å². The molecule has 192 valence electrons. The van der Waals surface area contributed by atoms with Crippen LogP contribution < -0.4 is 19.7 Å². The molecular weight excluding hydrogens is 515 g/mol. The Hall–Kier alpha value is -3.42. The summed E-state index contributed by atoms with van der Waals surface area (Å²) in [6, 6.07) is 17.9. The van der Waals surface area contributed by atoms with Gasteiger partial charge in [0.05, 0.1) is 17.5 Å². The highest BCUT2D eigenvalue weighted by atomic mass is 35.5. The monoisotopic (exact) mass is 540 g/mol. The van der Waals surface area contributed by atoms with Crippen LogP contribution in [-0.2, 0) is 4.79 Å². The van der Waals surface area contributed by atoms with Crippen LogP contribution in [0.5, 0.6) is 17.2 Å². The average molecular weight is 541 g/mol. The number of fused-ring (bicyclic) bond motifs is 1. The molecule has 1 unspecified atom stereocenters. The smallest absolute Gasteiger partial charge is 0.311 e. The van der Waals surface area contributed by atoms with Crippen LogP contribution in [0.3, 0.4) is 0 Å². The number of carboxylic acids is 1. The van der Waals surface area contributed by atoms with Crippen molar-refractivity contribution in [3.8, 4) is 17.2 Å². The minimum Gasteiger partial charge on any atom is -0.493 e. The van der Waals surface area contributed by atoms with Gasteiger partial charge in [-0.3, -0.25) is 9.59 Å². The number of piperidine rings is 1. The van der Waals surface area contributed by atoms with Gasteiger partial charge >= 0.3 is 5.97 Å². The fourth-order valence-corrected chi connectivity index (χ4v) is 5.14. The van der Waals surface area contributed by atoms with Gasteiger partial charge in [0.2, 0.25) is 0 Å². The molecule has 1 saturated heterocycles. The number of aliphatic carboxylic acids is 1. The molecule has 0 aliphatic carbocycles. The second-order valence-electron chi connectivity index (χ2n) is 9.19. The van der Waals surface area contributed by atoms with E-state index in [4.69, 9.17) is 32.7 Å². The number of carboxylic acid groups (broad SMARTS) is 1. The number of nitrogens with one attached hydrogen (secondary N) is 1. The molecule has 3 aromatic carbocycles. The largest absolute Gasteiger partial charge is 0.493 e. The summed E-state index contributed by atoms with van der Waals surface area (Å²) in [6.07, 6.45) is 2.09. The number of carbonyl (C=O) groups excluding carboxylic acids is 1. The first-order valence-corrected chi connectivity index (χ1v) is 12.9. The van der Waals surface area contributed by atoms with Gasteiger partial charge in [0, 0.05) is 47.0 Å². The molecule has 0 spiro atoms. The SMILES string of the molecule is O=C(NC1CCN(c2cccc(Cl)c2)CC1)c1ccc(Oc2cc3c(cc2Cl)C(C(=O)O)CCO3)cc1. The van der Waals surface area contributed by atoms with E-state index in [0.717, 1.165) is 36.6 Å². The molecule has 2 aliphatic heterocycles. The first-order valence-electron chi connectivity index (χ1n) is 12.2. The lowest BCUT2D eigenvalue weighted by molar-refractivity contribution is -0.139. The van der Waals surface area contributed by atoms with Crippen molar-refractivity contribution in [1.82, 2.24) is 5.32 Å². The van der Waals surface area contributed by atoms with E-state index in [9.17, 15) is 14.7 Å². The van der Waals surface area contributed by atoms with Crippen LogP contribution in [0.4, 0.5) is 5.69 Å². The second kappa shape index (κ2) is 10.9. The molecule has 1 atom stereocenters. The molecule has 7 nitrogen and oxygen atoms in total. The van der Waals surface area contributed by atoms with Crippen LogP contribution in [0.15, 0.2) is 60.7 Å². The van der Waals surface area contributed by atoms with Gasteiger partial charge in [-0.15, -0.1) is 0 Å². The number of nitrogens with zero attached hydrogens (tertiary/aromatic N) is 1. The summed E-state index contributed by atoms with van der Waals surface area (Å²) in [5.41, 5.74) is 2.18. The van der Waals surface area contributed by atoms with Crippen LogP contribution in [-0.4, -0.2) is 42.7 Å². The lowest BCUT2D eigenvalue weighted by Gasteiger charge is -2.34. The Labute approximate surface area is 224 Å². The molecule has 3 aromatic rings. The molecule has 37 heavy (non-hydrogen) atoms. The Kier molecular flexibility index (Phi) is 7.44. The highest BCUT2D eigenvalue weighted by molar-refractivity contribution is 6.32. The van der Waals surface area contributed by atoms with Gasteiger partial charge in [0.15, 0.2) is 0 Å². The maximum atomic E-state index is 12.8. The minimum absolute atomic E-state index is 0.0998. The number of hydrogen-bond acceptors (Lipinski definition) is 5. The van der Waals surface area contributed by atoms with Crippen molar-refractivity contribution in [3.63, 3.8) is 0 Å². The van der Waals surface area contributed by atoms with Crippen molar-refractivity contribution in [2.24, 2.45) is 0 Å². The molecule has 1 fully saturated rings. The molecule has 0 saturated carbocycles. The predicted octanol–water partition coefficient (Wildman–Crippen LogP) is 6.14. The van der Waals surface area contributed by atoms with Crippen molar-refractivity contribution in [2.75, 3.05) is 24.6 Å². The molecule has 0 radical (unpaired) electrons. The van der Waals surface area contributed by atoms with Crippen molar-refractivity contribution in [3.05, 3.63) is 81.8 Å². The summed E-state index contributed by atoms with van der Waals surface area (Å²) in [5.74, 6) is -0.385. The zero-order valence-corrected chi connectivity index (χ0v) is 21.5. The normalized spacial score (nSPS) is 17.5. The van der Waals surface area contributed by atoms with Gasteiger partial charge in [-0.25, -0.2) is 0 Å². The summed E-state index contributed by atoms with van der Waals surface area (Å²) < 4.78 is 11.5. The maximum absolute atomic E-state index is 12.8. The van der Waals surface area contributed by atoms with E-state index in [2.05, 4.69) is 10.2 Å². The Morgan fingerprint density at radius 1 is 1.00 bits per heavy atom. The topological polar surface area (TPSA) is 88.1 Å². The number of benzene rings is 3. The van der Waals surface area contributed by atoms with Crippen LogP contribution in [0.25, 0.3) is 0 Å². The number of amides is 1. The van der Waals surface area contributed by atoms with Crippen LogP contribution >= 0.6 is 23.2 Å². The van der Waals surface area contributed by atoms with E-state index in [1.54, 1.807) is 36.4 Å². The maximum Gasteiger partial charge on any atom is 0.311 e. The quantitative estimate of drug-likeness (QED) is 0.390. The number of halogens is 2. The van der Waals surface area contributed by atoms with E-state index in [1.807, 2.05) is 24.3 Å². The molecular formula is C28H26Cl2N2O5. The van der Waals surface area contributed by atoms with Gasteiger partial charge in [0.25, 0.3) is 5.91 Å². The lowest BCUT2D eigenvalue weighted by Crippen LogP contribution is -2.44. The number of anilines is 1. The van der Waals surface area contributed by atoms with Crippen molar-refractivity contribution in [1.29, 1.82) is 0 Å². The molecule has 0 aromatic heterocycles. The third kappa shape index (κ3) is 5.78. The lowest BCUT2D eigenvalue weighted by atomic mass is 9.93. The Morgan fingerprint density at radius 3 is 2.46 bits per heavy atom. The highest BCUT2D eigenvalue weighted by Gasteiger charge is 2.29. The number of rotatable bonds is 6. The zero-order valence-electron chi connectivity index (χ0n) is 20.0. The van der Waals surface area contributed by atoms with Crippen molar-refractivity contribution < 1.29 is 24.2 Å². The summed E-state index contributed by atoms with van der Waals surface area (Å²) in [6.45, 7) is 2.00. The molecule has 5 rings (SSSR count). The Balaban J connectivity index is 1.18. The van der Waals surface area contributed by atoms with Gasteiger partial charge in [0.1, 0.15) is 17.2 Å². The summed E-state index contributed by atoms with van der Waals surface area (Å²) >= 11 is 12.5. The first-order chi connectivity index (χ1) is 17.9. The van der Waals surface area contributed by atoms with Crippen LogP contribution in [0.1, 0.15) is 41.1 Å². The van der Waals surface area contributed by atoms with E-state index in [0.29, 0.717) is 46.4 Å². The second-order valence-corrected chi connectivity index (χ2v) is 10.0. The number of hydrogen-bond donors (Lipinski definition) is 2. The molecule has 2 aliphatic rings. The summed E-state index contributed by atoms with van der Waals surface area (Å²) in [5, 5.41) is 13.6. The zero-order chi connectivity index (χ0) is 25.9. The number of carbonyl (C=O) groups is 2. The minimum atomic E-state index is -0.908. The molecule has 0 bridgehead atoms. The van der Waals surface area contributed by atoms with E-state index in [-0.39, 0.29) is 11.9 Å². The highest BCUT2D eigenvalue weighted by Crippen LogP contribution is 2.41. The molecule has 1 amide bonds. The van der Waals surface area contributed by atoms with Crippen molar-refractivity contribution >= 4 is 40.8 Å². The summed E-state index contributed by atoms with van der Waals surface area (Å²) in [4.78, 5) is 26.6. The predicted molar refractivity (Wildman–Crippen MR) is 143 cm³/mol. The fourth-order valence-electron chi connectivity index (χ4n) is 4.75. The van der Waals surface area contributed by atoms with E-state index < -0.39 is 11.9 Å². The first kappa shape index (κ1) is 25.2. The standard InChI is InChI=1S/C28H26Cl2N2O5/c29-18-2-1-3-20(14-18)32-11-8-19(9-12-32)31-27(33)17-4-6-21(7-5-17)37-26-16-25-23(15-24(26)30)22(28(34)35)10-13-36-25/h1-7,14-16,19,22H,8-13H2,(H,31,33)(H,34,35). The van der Waals surface area contributed by atoms with Crippen LogP contribution in [0.2, 0.25) is 10.0 Å². The van der Waals surface area contributed by atoms with Crippen molar-refractivity contribution in [2.45, 2.75) is 31.2 Å². The third-order valence-corrected chi connectivity index (χ3v) is 7.28. The fraction of sp³-hybridized carbons (Fsp3) is 0.286. The Bertz CT molecular complexity index is 1310. The summed E-state index contributed by atoms with van der Waals surface area (Å²) in [7, 11) is 0. The number of ether oxygens (including phenoxy) is 2. The van der Waals surface area contributed by atoms with E-state index >= 15 is 0 Å². The average Bonchev–Trinajstić information content (AvgIpc) is 2.89. The van der Waals surface area contributed by atoms with Gasteiger partial charge in [-0.2, -0.15) is 0 Å². The molecule has 2 N–H and O–H groups in total. The third-order valence-electron chi connectivity index (χ3n) is 6.75. The Morgan fingerprint density at radius 2 is 1.76 bits per heavy atom. The molecule has 9 heteroatoms. The van der Waals surface area contributed by atoms with Gasteiger partial charge in [-0.1, -0.05) is 29.3 Å². The van der Waals surface area contributed by atoms with Crippen LogP contribution in [0, 0.1) is 0 Å². The van der Waals surface area contributed by atoms with Gasteiger partial charge < -0.3 is 24.8 Å². The molecule has 2 heterocycles. The van der Waals surface area contributed by atoms with Gasteiger partial charge in [-0.05, 0) is 67.8 Å².